The number of piperazine rings is 1. The van der Waals surface area contributed by atoms with Gasteiger partial charge in [0.05, 0.1) is 0 Å². The summed E-state index contributed by atoms with van der Waals surface area (Å²) in [6.07, 6.45) is 0. The zero-order valence-electron chi connectivity index (χ0n) is 9.69. The summed E-state index contributed by atoms with van der Waals surface area (Å²) >= 11 is 0. The lowest BCUT2D eigenvalue weighted by Gasteiger charge is -2.32. The van der Waals surface area contributed by atoms with Crippen molar-refractivity contribution in [3.63, 3.8) is 0 Å². The maximum Gasteiger partial charge on any atom is 0.122 e. The molecule has 16 heavy (non-hydrogen) atoms. The predicted molar refractivity (Wildman–Crippen MR) is 65.3 cm³/mol. The van der Waals surface area contributed by atoms with Gasteiger partial charge in [-0.05, 0) is 19.2 Å². The molecule has 1 saturated heterocycles. The molecule has 1 heterocycles. The van der Waals surface area contributed by atoms with Gasteiger partial charge in [0.25, 0.3) is 0 Å². The Hall–Kier alpha value is -1.26. The number of likely N-dealkylation sites (N-methyl/N-ethyl adjacent to an activating group) is 1. The lowest BCUT2D eigenvalue weighted by Crippen LogP contribution is -2.43. The van der Waals surface area contributed by atoms with E-state index in [1.807, 2.05) is 6.07 Å². The number of anilines is 1. The molecule has 88 valence electrons. The van der Waals surface area contributed by atoms with Gasteiger partial charge in [-0.25, -0.2) is 0 Å². The van der Waals surface area contributed by atoms with Gasteiger partial charge in [0.15, 0.2) is 0 Å². The van der Waals surface area contributed by atoms with E-state index in [1.165, 1.54) is 0 Å². The van der Waals surface area contributed by atoms with Crippen molar-refractivity contribution in [2.45, 2.75) is 6.54 Å². The second kappa shape index (κ2) is 4.72. The largest absolute Gasteiger partial charge is 0.508 e. The second-order valence-corrected chi connectivity index (χ2v) is 4.42. The van der Waals surface area contributed by atoms with Crippen molar-refractivity contribution in [1.82, 2.24) is 9.80 Å². The molecule has 1 aliphatic rings. The van der Waals surface area contributed by atoms with Crippen LogP contribution in [0.15, 0.2) is 18.2 Å². The van der Waals surface area contributed by atoms with Crippen LogP contribution >= 0.6 is 0 Å². The molecule has 0 aliphatic carbocycles. The second-order valence-electron chi connectivity index (χ2n) is 4.42. The molecule has 2 rings (SSSR count). The third-order valence-electron chi connectivity index (χ3n) is 3.17. The summed E-state index contributed by atoms with van der Waals surface area (Å²) in [6, 6.07) is 5.31. The van der Waals surface area contributed by atoms with Crippen LogP contribution in [0.5, 0.6) is 5.75 Å². The summed E-state index contributed by atoms with van der Waals surface area (Å²) in [4.78, 5) is 4.64. The molecule has 0 atom stereocenters. The van der Waals surface area contributed by atoms with E-state index in [9.17, 15) is 5.11 Å². The Morgan fingerprint density at radius 2 is 1.94 bits per heavy atom. The quantitative estimate of drug-likeness (QED) is 0.723. The minimum atomic E-state index is 0.305. The lowest BCUT2D eigenvalue weighted by molar-refractivity contribution is 0.147. The minimum Gasteiger partial charge on any atom is -0.508 e. The van der Waals surface area contributed by atoms with Crippen molar-refractivity contribution in [3.8, 4) is 5.75 Å². The highest BCUT2D eigenvalue weighted by atomic mass is 16.3. The number of nitrogens with two attached hydrogens (primary N) is 1. The average molecular weight is 221 g/mol. The molecular formula is C12H19N3O. The molecule has 0 bridgehead atoms. The number of hydrogen-bond donors (Lipinski definition) is 2. The van der Waals surface area contributed by atoms with Crippen LogP contribution in [0.1, 0.15) is 5.56 Å². The Morgan fingerprint density at radius 1 is 1.25 bits per heavy atom. The van der Waals surface area contributed by atoms with Crippen molar-refractivity contribution >= 4 is 5.69 Å². The topological polar surface area (TPSA) is 52.7 Å². The van der Waals surface area contributed by atoms with E-state index in [0.29, 0.717) is 11.4 Å². The van der Waals surface area contributed by atoms with Gasteiger partial charge in [-0.2, -0.15) is 0 Å². The number of hydrogen-bond acceptors (Lipinski definition) is 4. The smallest absolute Gasteiger partial charge is 0.122 e. The maximum atomic E-state index is 9.76. The third kappa shape index (κ3) is 2.46. The maximum absolute atomic E-state index is 9.76. The highest BCUT2D eigenvalue weighted by molar-refractivity contribution is 5.53. The Kier molecular flexibility index (Phi) is 3.31. The van der Waals surface area contributed by atoms with E-state index in [2.05, 4.69) is 16.8 Å². The number of benzene rings is 1. The van der Waals surface area contributed by atoms with Gasteiger partial charge in [-0.3, -0.25) is 4.90 Å². The number of phenols is 1. The van der Waals surface area contributed by atoms with E-state index in [1.54, 1.807) is 12.1 Å². The molecule has 0 unspecified atom stereocenters. The fourth-order valence-electron chi connectivity index (χ4n) is 1.99. The first-order chi connectivity index (χ1) is 7.66. The zero-order chi connectivity index (χ0) is 11.5. The highest BCUT2D eigenvalue weighted by Gasteiger charge is 2.16. The van der Waals surface area contributed by atoms with Crippen LogP contribution in [-0.4, -0.2) is 48.1 Å². The first-order valence-electron chi connectivity index (χ1n) is 5.64. The molecule has 0 saturated carbocycles. The molecule has 0 radical (unpaired) electrons. The van der Waals surface area contributed by atoms with E-state index in [4.69, 9.17) is 5.73 Å². The van der Waals surface area contributed by atoms with Gasteiger partial charge in [0, 0.05) is 44.0 Å². The third-order valence-corrected chi connectivity index (χ3v) is 3.17. The predicted octanol–water partition coefficient (Wildman–Crippen LogP) is 0.722. The zero-order valence-corrected chi connectivity index (χ0v) is 9.69. The van der Waals surface area contributed by atoms with Crippen LogP contribution < -0.4 is 5.73 Å². The summed E-state index contributed by atoms with van der Waals surface area (Å²) in [5, 5.41) is 9.76. The van der Waals surface area contributed by atoms with Gasteiger partial charge >= 0.3 is 0 Å². The molecule has 4 nitrogen and oxygen atoms in total. The van der Waals surface area contributed by atoms with Gasteiger partial charge < -0.3 is 15.7 Å². The molecular weight excluding hydrogens is 202 g/mol. The van der Waals surface area contributed by atoms with Gasteiger partial charge in [0.1, 0.15) is 5.75 Å². The number of rotatable bonds is 2. The summed E-state index contributed by atoms with van der Waals surface area (Å²) in [6.45, 7) is 4.96. The van der Waals surface area contributed by atoms with Crippen LogP contribution in [0.4, 0.5) is 5.69 Å². The normalized spacial score (nSPS) is 18.8. The number of aromatic hydroxyl groups is 1. The Bertz CT molecular complexity index is 339. The fourth-order valence-corrected chi connectivity index (χ4v) is 1.99. The summed E-state index contributed by atoms with van der Waals surface area (Å²) in [7, 11) is 2.13. The van der Waals surface area contributed by atoms with E-state index >= 15 is 0 Å². The molecule has 4 heteroatoms. The molecule has 0 amide bonds. The monoisotopic (exact) mass is 221 g/mol. The van der Waals surface area contributed by atoms with Gasteiger partial charge in [-0.15, -0.1) is 0 Å². The SMILES string of the molecule is CN1CCN(Cc2c(N)cccc2O)CC1. The first-order valence-corrected chi connectivity index (χ1v) is 5.64. The lowest BCUT2D eigenvalue weighted by atomic mass is 10.1. The fraction of sp³-hybridized carbons (Fsp3) is 0.500. The summed E-state index contributed by atoms with van der Waals surface area (Å²) in [5.74, 6) is 0.305. The standard InChI is InChI=1S/C12H19N3O/c1-14-5-7-15(8-6-14)9-10-11(13)3-2-4-12(10)16/h2-4,16H,5-9,13H2,1H3. The van der Waals surface area contributed by atoms with Crippen molar-refractivity contribution in [2.75, 3.05) is 39.0 Å². The molecule has 1 fully saturated rings. The van der Waals surface area contributed by atoms with Gasteiger partial charge in [0.2, 0.25) is 0 Å². The average Bonchev–Trinajstić information content (AvgIpc) is 2.26. The molecule has 1 aromatic rings. The molecule has 0 aromatic heterocycles. The van der Waals surface area contributed by atoms with Crippen molar-refractivity contribution in [2.24, 2.45) is 0 Å². The van der Waals surface area contributed by atoms with Crippen LogP contribution in [0.25, 0.3) is 0 Å². The Balaban J connectivity index is 2.04. The Labute approximate surface area is 96.3 Å². The van der Waals surface area contributed by atoms with Crippen LogP contribution in [-0.2, 0) is 6.54 Å². The molecule has 1 aromatic carbocycles. The number of nitrogen functional groups attached to an aromatic ring is 1. The van der Waals surface area contributed by atoms with E-state index in [0.717, 1.165) is 38.3 Å². The van der Waals surface area contributed by atoms with Crippen molar-refractivity contribution in [1.29, 1.82) is 0 Å². The summed E-state index contributed by atoms with van der Waals surface area (Å²) < 4.78 is 0. The number of phenolic OH excluding ortho intramolecular Hbond substituents is 1. The van der Waals surface area contributed by atoms with E-state index in [-0.39, 0.29) is 0 Å². The summed E-state index contributed by atoms with van der Waals surface area (Å²) in [5.41, 5.74) is 7.40. The highest BCUT2D eigenvalue weighted by Crippen LogP contribution is 2.24. The molecule has 3 N–H and O–H groups in total. The van der Waals surface area contributed by atoms with Crippen LogP contribution in [0.2, 0.25) is 0 Å². The van der Waals surface area contributed by atoms with Gasteiger partial charge in [-0.1, -0.05) is 6.07 Å². The molecule has 0 spiro atoms. The first kappa shape index (κ1) is 11.2. The van der Waals surface area contributed by atoms with Crippen molar-refractivity contribution in [3.05, 3.63) is 23.8 Å². The molecule has 1 aliphatic heterocycles. The number of nitrogens with zero attached hydrogens (tertiary/aromatic N) is 2. The van der Waals surface area contributed by atoms with E-state index < -0.39 is 0 Å². The van der Waals surface area contributed by atoms with Crippen LogP contribution in [0, 0.1) is 0 Å². The Morgan fingerprint density at radius 3 is 2.56 bits per heavy atom. The minimum absolute atomic E-state index is 0.305. The van der Waals surface area contributed by atoms with Crippen molar-refractivity contribution < 1.29 is 5.11 Å². The van der Waals surface area contributed by atoms with Crippen LogP contribution in [0.3, 0.4) is 0 Å².